The second kappa shape index (κ2) is 15.9. The zero-order valence-corrected chi connectivity index (χ0v) is 20.4. The van der Waals surface area contributed by atoms with Crippen LogP contribution < -0.4 is 27.4 Å². The number of aliphatic carboxylic acids is 2. The summed E-state index contributed by atoms with van der Waals surface area (Å²) in [6, 6.07) is -5.10. The zero-order valence-electron chi connectivity index (χ0n) is 19.5. The van der Waals surface area contributed by atoms with E-state index in [9.17, 15) is 33.9 Å². The molecule has 9 N–H and O–H groups in total. The van der Waals surface area contributed by atoms with Crippen molar-refractivity contribution < 1.29 is 39.0 Å². The SMILES string of the molecule is CSCCC(N)C(=O)NC(CCC(=O)O)C(=O)NC(CC(N)=O)C(=O)NC(CC(C)C)C(=O)O. The van der Waals surface area contributed by atoms with Gasteiger partial charge in [0.2, 0.25) is 23.6 Å². The summed E-state index contributed by atoms with van der Waals surface area (Å²) >= 11 is 1.47. The first-order valence-corrected chi connectivity index (χ1v) is 12.1. The van der Waals surface area contributed by atoms with Gasteiger partial charge in [-0.15, -0.1) is 0 Å². The first-order chi connectivity index (χ1) is 15.8. The topological polar surface area (TPSA) is 231 Å². The molecule has 14 heteroatoms. The fourth-order valence-corrected chi connectivity index (χ4v) is 3.33. The van der Waals surface area contributed by atoms with E-state index in [0.717, 1.165) is 0 Å². The van der Waals surface area contributed by atoms with E-state index < -0.39 is 72.6 Å². The molecule has 0 aliphatic carbocycles. The van der Waals surface area contributed by atoms with Crippen molar-refractivity contribution in [3.8, 4) is 0 Å². The smallest absolute Gasteiger partial charge is 0.326 e. The quantitative estimate of drug-likeness (QED) is 0.119. The predicted octanol–water partition coefficient (Wildman–Crippen LogP) is -1.61. The normalized spacial score (nSPS) is 14.4. The maximum absolute atomic E-state index is 12.8. The summed E-state index contributed by atoms with van der Waals surface area (Å²) < 4.78 is 0. The summed E-state index contributed by atoms with van der Waals surface area (Å²) in [6.07, 6.45) is 0.827. The van der Waals surface area contributed by atoms with Gasteiger partial charge in [0.05, 0.1) is 12.5 Å². The Morgan fingerprint density at radius 3 is 1.85 bits per heavy atom. The second-order valence-electron chi connectivity index (χ2n) is 8.14. The van der Waals surface area contributed by atoms with Crippen molar-refractivity contribution in [2.75, 3.05) is 12.0 Å². The highest BCUT2D eigenvalue weighted by Gasteiger charge is 2.31. The minimum atomic E-state index is -1.53. The van der Waals surface area contributed by atoms with Crippen LogP contribution in [-0.4, -0.2) is 82.0 Å². The lowest BCUT2D eigenvalue weighted by molar-refractivity contribution is -0.143. The Bertz CT molecular complexity index is 748. The van der Waals surface area contributed by atoms with E-state index in [1.807, 2.05) is 6.26 Å². The van der Waals surface area contributed by atoms with Crippen molar-refractivity contribution in [1.82, 2.24) is 16.0 Å². The van der Waals surface area contributed by atoms with Crippen LogP contribution in [0, 0.1) is 5.92 Å². The lowest BCUT2D eigenvalue weighted by atomic mass is 10.0. The number of nitrogens with two attached hydrogens (primary N) is 2. The number of carbonyl (C=O) groups excluding carboxylic acids is 4. The highest BCUT2D eigenvalue weighted by molar-refractivity contribution is 7.98. The fraction of sp³-hybridized carbons (Fsp3) is 0.700. The molecule has 13 nitrogen and oxygen atoms in total. The van der Waals surface area contributed by atoms with Gasteiger partial charge in [0.15, 0.2) is 0 Å². The van der Waals surface area contributed by atoms with Crippen molar-refractivity contribution in [2.45, 2.75) is 70.1 Å². The lowest BCUT2D eigenvalue weighted by Gasteiger charge is -2.25. The van der Waals surface area contributed by atoms with E-state index >= 15 is 0 Å². The second-order valence-corrected chi connectivity index (χ2v) is 9.13. The average molecular weight is 506 g/mol. The van der Waals surface area contributed by atoms with Gasteiger partial charge in [-0.1, -0.05) is 13.8 Å². The summed E-state index contributed by atoms with van der Waals surface area (Å²) in [5.41, 5.74) is 11.0. The van der Waals surface area contributed by atoms with Crippen molar-refractivity contribution in [3.05, 3.63) is 0 Å². The molecule has 0 radical (unpaired) electrons. The molecule has 0 heterocycles. The molecular weight excluding hydrogens is 470 g/mol. The van der Waals surface area contributed by atoms with Crippen LogP contribution in [0.2, 0.25) is 0 Å². The molecule has 0 aliphatic rings. The van der Waals surface area contributed by atoms with Crippen molar-refractivity contribution in [1.29, 1.82) is 0 Å². The number of amides is 4. The number of rotatable bonds is 17. The van der Waals surface area contributed by atoms with Gasteiger partial charge in [0, 0.05) is 6.42 Å². The Kier molecular flexibility index (Phi) is 14.5. The molecule has 0 aromatic rings. The van der Waals surface area contributed by atoms with Crippen LogP contribution >= 0.6 is 11.8 Å². The van der Waals surface area contributed by atoms with E-state index in [-0.39, 0.29) is 18.8 Å². The van der Waals surface area contributed by atoms with Gasteiger partial charge >= 0.3 is 11.9 Å². The molecule has 4 amide bonds. The zero-order chi connectivity index (χ0) is 26.4. The monoisotopic (exact) mass is 505 g/mol. The van der Waals surface area contributed by atoms with Crippen LogP contribution in [0.3, 0.4) is 0 Å². The fourth-order valence-electron chi connectivity index (χ4n) is 2.84. The van der Waals surface area contributed by atoms with Crippen LogP contribution in [0.25, 0.3) is 0 Å². The Hall–Kier alpha value is -2.87. The number of thioether (sulfide) groups is 1. The molecule has 0 saturated carbocycles. The van der Waals surface area contributed by atoms with E-state index in [0.29, 0.717) is 12.2 Å². The van der Waals surface area contributed by atoms with Gasteiger partial charge in [-0.25, -0.2) is 4.79 Å². The van der Waals surface area contributed by atoms with E-state index in [4.69, 9.17) is 16.6 Å². The third-order valence-electron chi connectivity index (χ3n) is 4.61. The number of primary amides is 1. The first kappa shape index (κ1) is 31.1. The molecule has 0 aromatic heterocycles. The summed E-state index contributed by atoms with van der Waals surface area (Å²) in [6.45, 7) is 3.51. The van der Waals surface area contributed by atoms with E-state index in [1.165, 1.54) is 11.8 Å². The highest BCUT2D eigenvalue weighted by atomic mass is 32.2. The van der Waals surface area contributed by atoms with Gasteiger partial charge in [0.25, 0.3) is 0 Å². The molecule has 194 valence electrons. The van der Waals surface area contributed by atoms with Gasteiger partial charge < -0.3 is 37.6 Å². The number of nitrogens with one attached hydrogen (secondary N) is 3. The van der Waals surface area contributed by atoms with Gasteiger partial charge in [0.1, 0.15) is 18.1 Å². The molecule has 0 fully saturated rings. The van der Waals surface area contributed by atoms with Crippen molar-refractivity contribution in [3.63, 3.8) is 0 Å². The molecule has 34 heavy (non-hydrogen) atoms. The molecule has 0 aromatic carbocycles. The van der Waals surface area contributed by atoms with Gasteiger partial charge in [-0.3, -0.25) is 24.0 Å². The summed E-state index contributed by atoms with van der Waals surface area (Å²) in [5.74, 6) is -5.52. The number of hydrogen-bond acceptors (Lipinski definition) is 8. The van der Waals surface area contributed by atoms with Crippen LogP contribution in [0.15, 0.2) is 0 Å². The molecule has 0 aliphatic heterocycles. The van der Waals surface area contributed by atoms with Gasteiger partial charge in [-0.05, 0) is 37.2 Å². The van der Waals surface area contributed by atoms with Crippen LogP contribution in [-0.2, 0) is 28.8 Å². The molecular formula is C20H35N5O8S. The molecule has 0 bridgehead atoms. The molecule has 0 saturated heterocycles. The van der Waals surface area contributed by atoms with E-state index in [1.54, 1.807) is 13.8 Å². The minimum absolute atomic E-state index is 0.0727. The Balaban J connectivity index is 5.54. The third kappa shape index (κ3) is 13.0. The summed E-state index contributed by atoms with van der Waals surface area (Å²) in [4.78, 5) is 71.7. The molecule has 0 rings (SSSR count). The number of hydrogen-bond donors (Lipinski definition) is 7. The van der Waals surface area contributed by atoms with E-state index in [2.05, 4.69) is 16.0 Å². The highest BCUT2D eigenvalue weighted by Crippen LogP contribution is 2.07. The first-order valence-electron chi connectivity index (χ1n) is 10.7. The maximum Gasteiger partial charge on any atom is 0.326 e. The average Bonchev–Trinajstić information content (AvgIpc) is 2.72. The summed E-state index contributed by atoms with van der Waals surface area (Å²) in [7, 11) is 0. The van der Waals surface area contributed by atoms with Crippen LogP contribution in [0.4, 0.5) is 0 Å². The largest absolute Gasteiger partial charge is 0.481 e. The van der Waals surface area contributed by atoms with Gasteiger partial charge in [-0.2, -0.15) is 11.8 Å². The number of carboxylic acid groups (broad SMARTS) is 2. The number of carbonyl (C=O) groups is 6. The van der Waals surface area contributed by atoms with Crippen LogP contribution in [0.1, 0.15) is 46.0 Å². The Morgan fingerprint density at radius 2 is 1.38 bits per heavy atom. The molecule has 0 spiro atoms. The Morgan fingerprint density at radius 1 is 0.853 bits per heavy atom. The Labute approximate surface area is 202 Å². The molecule has 4 atom stereocenters. The van der Waals surface area contributed by atoms with Crippen LogP contribution in [0.5, 0.6) is 0 Å². The summed E-state index contributed by atoms with van der Waals surface area (Å²) in [5, 5.41) is 25.2. The minimum Gasteiger partial charge on any atom is -0.481 e. The lowest BCUT2D eigenvalue weighted by Crippen LogP contribution is -2.58. The number of carboxylic acids is 2. The third-order valence-corrected chi connectivity index (χ3v) is 5.25. The maximum atomic E-state index is 12.8. The predicted molar refractivity (Wildman–Crippen MR) is 125 cm³/mol. The van der Waals surface area contributed by atoms with Crippen molar-refractivity contribution >= 4 is 47.3 Å². The van der Waals surface area contributed by atoms with Crippen molar-refractivity contribution in [2.24, 2.45) is 17.4 Å². The molecule has 4 unspecified atom stereocenters. The standard InChI is InChI=1S/C20H35N5O8S/c1-10(2)8-14(20(32)33)25-19(31)13(9-15(22)26)24-18(30)12(4-5-16(27)28)23-17(29)11(21)6-7-34-3/h10-14H,4-9,21H2,1-3H3,(H2,22,26)(H,23,29)(H,24,30)(H,25,31)(H,27,28)(H,32,33).